The zero-order valence-electron chi connectivity index (χ0n) is 9.21. The van der Waals surface area contributed by atoms with E-state index in [0.717, 1.165) is 0 Å². The van der Waals surface area contributed by atoms with E-state index in [0.29, 0.717) is 0 Å². The van der Waals surface area contributed by atoms with E-state index in [1.165, 1.54) is 0 Å². The smallest absolute Gasteiger partial charge is 0.0228 e. The van der Waals surface area contributed by atoms with E-state index in [2.05, 4.69) is 55.4 Å². The topological polar surface area (TPSA) is 0 Å². The average molecular weight is 155 g/mol. The van der Waals surface area contributed by atoms with Crippen molar-refractivity contribution in [2.75, 3.05) is 0 Å². The van der Waals surface area contributed by atoms with Crippen molar-refractivity contribution in [3.8, 4) is 0 Å². The third-order valence-electron chi connectivity index (χ3n) is 3.31. The highest BCUT2D eigenvalue weighted by Crippen LogP contribution is 2.50. The quantitative estimate of drug-likeness (QED) is 0.497. The second-order valence-corrected chi connectivity index (χ2v) is 5.83. The van der Waals surface area contributed by atoms with Gasteiger partial charge in [0.25, 0.3) is 0 Å². The molecule has 1 radical (unpaired) electrons. The van der Waals surface area contributed by atoms with Crippen LogP contribution in [0.25, 0.3) is 0 Å². The van der Waals surface area contributed by atoms with Crippen molar-refractivity contribution in [1.82, 2.24) is 0 Å². The molecule has 0 amide bonds. The molecule has 0 aromatic heterocycles. The van der Waals surface area contributed by atoms with E-state index >= 15 is 0 Å². The predicted octanol–water partition coefficient (Wildman–Crippen LogP) is 3.92. The average Bonchev–Trinajstić information content (AvgIpc) is 1.58. The lowest BCUT2D eigenvalue weighted by molar-refractivity contribution is 0.0335. The van der Waals surface area contributed by atoms with E-state index in [-0.39, 0.29) is 16.2 Å². The maximum atomic E-state index is 4.31. The monoisotopic (exact) mass is 155 g/mol. The molecular weight excluding hydrogens is 132 g/mol. The Bertz CT molecular complexity index is 111. The van der Waals surface area contributed by atoms with Crippen LogP contribution in [0.3, 0.4) is 0 Å². The summed E-state index contributed by atoms with van der Waals surface area (Å²) < 4.78 is 0. The van der Waals surface area contributed by atoms with Crippen LogP contribution in [0.2, 0.25) is 0 Å². The first-order valence-corrected chi connectivity index (χ1v) is 4.35. The van der Waals surface area contributed by atoms with E-state index in [1.54, 1.807) is 0 Å². The summed E-state index contributed by atoms with van der Waals surface area (Å²) in [7, 11) is 0. The van der Waals surface area contributed by atoms with Crippen LogP contribution in [0.4, 0.5) is 0 Å². The molecule has 0 nitrogen and oxygen atoms in total. The highest BCUT2D eigenvalue weighted by molar-refractivity contribution is 4.96. The third kappa shape index (κ3) is 1.98. The minimum Gasteiger partial charge on any atom is -0.0596 e. The first-order valence-electron chi connectivity index (χ1n) is 4.35. The molecule has 0 aliphatic heterocycles. The fourth-order valence-corrected chi connectivity index (χ4v) is 1.12. The van der Waals surface area contributed by atoms with Crippen molar-refractivity contribution >= 4 is 0 Å². The van der Waals surface area contributed by atoms with Gasteiger partial charge in [0, 0.05) is 0 Å². The van der Waals surface area contributed by atoms with Gasteiger partial charge in [-0.25, -0.2) is 0 Å². The van der Waals surface area contributed by atoms with Crippen LogP contribution < -0.4 is 0 Å². The second kappa shape index (κ2) is 2.50. The van der Waals surface area contributed by atoms with Crippen LogP contribution >= 0.6 is 0 Å². The summed E-state index contributed by atoms with van der Waals surface area (Å²) in [4.78, 5) is 0. The van der Waals surface area contributed by atoms with Crippen molar-refractivity contribution in [2.45, 2.75) is 48.5 Å². The Labute approximate surface area is 72.4 Å². The molecule has 0 unspecified atom stereocenters. The summed E-state index contributed by atoms with van der Waals surface area (Å²) in [5, 5.41) is 0. The lowest BCUT2D eigenvalue weighted by Crippen LogP contribution is -2.41. The van der Waals surface area contributed by atoms with Gasteiger partial charge in [-0.05, 0) is 23.2 Å². The first kappa shape index (κ1) is 11.0. The Kier molecular flexibility index (Phi) is 2.50. The Morgan fingerprint density at radius 1 is 0.636 bits per heavy atom. The summed E-state index contributed by atoms with van der Waals surface area (Å²) in [5.41, 5.74) is 0.663. The number of hydrogen-bond acceptors (Lipinski definition) is 0. The molecule has 0 aliphatic carbocycles. The van der Waals surface area contributed by atoms with Crippen LogP contribution in [0.5, 0.6) is 0 Å². The molecule has 0 aliphatic rings. The fraction of sp³-hybridized carbons (Fsp3) is 0.909. The molecule has 0 fully saturated rings. The molecule has 0 bridgehead atoms. The molecule has 0 aromatic rings. The number of rotatable bonds is 0. The minimum atomic E-state index is 0.125. The maximum Gasteiger partial charge on any atom is -0.0228 e. The van der Waals surface area contributed by atoms with Crippen LogP contribution in [0.15, 0.2) is 0 Å². The lowest BCUT2D eigenvalue weighted by Gasteiger charge is -2.48. The first-order chi connectivity index (χ1) is 4.50. The highest BCUT2D eigenvalue weighted by atomic mass is 14.5. The van der Waals surface area contributed by atoms with Gasteiger partial charge in [0.1, 0.15) is 0 Å². The zero-order valence-corrected chi connectivity index (χ0v) is 9.21. The fourth-order valence-electron chi connectivity index (χ4n) is 1.12. The van der Waals surface area contributed by atoms with Gasteiger partial charge in [-0.15, -0.1) is 0 Å². The van der Waals surface area contributed by atoms with Gasteiger partial charge in [-0.1, -0.05) is 48.5 Å². The molecule has 0 aromatic carbocycles. The highest BCUT2D eigenvalue weighted by Gasteiger charge is 2.42. The van der Waals surface area contributed by atoms with E-state index < -0.39 is 0 Å². The SMILES string of the molecule is [CH2]C(C)(C(C)(C)C)C(C)(C)C. The van der Waals surface area contributed by atoms with Crippen molar-refractivity contribution in [1.29, 1.82) is 0 Å². The molecule has 0 saturated heterocycles. The Morgan fingerprint density at radius 2 is 0.818 bits per heavy atom. The zero-order chi connectivity index (χ0) is 9.50. The maximum absolute atomic E-state index is 4.31. The lowest BCUT2D eigenvalue weighted by atomic mass is 9.56. The van der Waals surface area contributed by atoms with Crippen LogP contribution in [0, 0.1) is 23.2 Å². The molecule has 0 atom stereocenters. The normalized spacial score (nSPS) is 15.3. The van der Waals surface area contributed by atoms with E-state index in [4.69, 9.17) is 0 Å². The van der Waals surface area contributed by atoms with E-state index in [1.807, 2.05) is 0 Å². The standard InChI is InChI=1S/C11H23/c1-9(2,3)11(7,8)10(4,5)6/h7H2,1-6,8H3. The Balaban J connectivity index is 4.75. The second-order valence-electron chi connectivity index (χ2n) is 5.83. The van der Waals surface area contributed by atoms with Gasteiger partial charge in [0.15, 0.2) is 0 Å². The van der Waals surface area contributed by atoms with Gasteiger partial charge >= 0.3 is 0 Å². The molecule has 0 rings (SSSR count). The van der Waals surface area contributed by atoms with E-state index in [9.17, 15) is 0 Å². The van der Waals surface area contributed by atoms with Crippen LogP contribution in [0.1, 0.15) is 48.5 Å². The minimum absolute atomic E-state index is 0.125. The van der Waals surface area contributed by atoms with Crippen molar-refractivity contribution in [2.24, 2.45) is 16.2 Å². The van der Waals surface area contributed by atoms with Crippen LogP contribution in [-0.2, 0) is 0 Å². The Hall–Kier alpha value is 0. The van der Waals surface area contributed by atoms with Gasteiger partial charge in [-0.2, -0.15) is 0 Å². The molecule has 0 saturated carbocycles. The van der Waals surface area contributed by atoms with Crippen LogP contribution in [-0.4, -0.2) is 0 Å². The summed E-state index contributed by atoms with van der Waals surface area (Å²) in [6.07, 6.45) is 0. The Morgan fingerprint density at radius 3 is 0.818 bits per heavy atom. The molecule has 0 N–H and O–H groups in total. The molecular formula is C11H23. The van der Waals surface area contributed by atoms with Gasteiger partial charge < -0.3 is 0 Å². The van der Waals surface area contributed by atoms with Crippen molar-refractivity contribution in [3.63, 3.8) is 0 Å². The summed E-state index contributed by atoms with van der Waals surface area (Å²) in [6, 6.07) is 0. The molecule has 0 heterocycles. The summed E-state index contributed by atoms with van der Waals surface area (Å²) in [6.45, 7) is 20.1. The molecule has 67 valence electrons. The summed E-state index contributed by atoms with van der Waals surface area (Å²) in [5.74, 6) is 0. The van der Waals surface area contributed by atoms with Gasteiger partial charge in [-0.3, -0.25) is 0 Å². The van der Waals surface area contributed by atoms with Gasteiger partial charge in [0.05, 0.1) is 0 Å². The number of hydrogen-bond donors (Lipinski definition) is 0. The third-order valence-corrected chi connectivity index (χ3v) is 3.31. The predicted molar refractivity (Wildman–Crippen MR) is 52.4 cm³/mol. The molecule has 0 spiro atoms. The molecule has 11 heavy (non-hydrogen) atoms. The summed E-state index contributed by atoms with van der Waals surface area (Å²) >= 11 is 0. The van der Waals surface area contributed by atoms with Gasteiger partial charge in [0.2, 0.25) is 0 Å². The molecule has 0 heteroatoms. The largest absolute Gasteiger partial charge is 0.0596 e. The van der Waals surface area contributed by atoms with Crippen molar-refractivity contribution < 1.29 is 0 Å². The van der Waals surface area contributed by atoms with Crippen molar-refractivity contribution in [3.05, 3.63) is 6.92 Å².